The topological polar surface area (TPSA) is 35.8 Å². The third-order valence-electron chi connectivity index (χ3n) is 3.18. The van der Waals surface area contributed by atoms with Crippen molar-refractivity contribution in [1.82, 2.24) is 5.06 Å². The second-order valence-electron chi connectivity index (χ2n) is 3.76. The maximum Gasteiger partial charge on any atom is 0.167 e. The standard InChI is InChI=1S/C9H17NO2/c1-2-8-4-3-5-9(8)10(12-9)6-7-11/h8,11H,2-7H2,1H3. The molecule has 1 aliphatic heterocycles. The minimum absolute atomic E-state index is 0.0531. The molecule has 0 bridgehead atoms. The van der Waals surface area contributed by atoms with E-state index in [1.807, 2.05) is 5.06 Å². The van der Waals surface area contributed by atoms with E-state index in [-0.39, 0.29) is 12.3 Å². The summed E-state index contributed by atoms with van der Waals surface area (Å²) >= 11 is 0. The molecule has 2 rings (SSSR count). The minimum Gasteiger partial charge on any atom is -0.395 e. The van der Waals surface area contributed by atoms with E-state index in [2.05, 4.69) is 6.92 Å². The molecule has 1 N–H and O–H groups in total. The van der Waals surface area contributed by atoms with Crippen LogP contribution in [0.4, 0.5) is 0 Å². The number of hydrogen-bond donors (Lipinski definition) is 1. The lowest BCUT2D eigenvalue weighted by Crippen LogP contribution is -2.24. The normalized spacial score (nSPS) is 45.5. The monoisotopic (exact) mass is 171 g/mol. The van der Waals surface area contributed by atoms with Gasteiger partial charge in [0.25, 0.3) is 0 Å². The fourth-order valence-electron chi connectivity index (χ4n) is 2.50. The highest BCUT2D eigenvalue weighted by molar-refractivity contribution is 4.97. The van der Waals surface area contributed by atoms with Gasteiger partial charge in [0.1, 0.15) is 0 Å². The lowest BCUT2D eigenvalue weighted by atomic mass is 9.99. The lowest BCUT2D eigenvalue weighted by molar-refractivity contribution is 0.156. The Hall–Kier alpha value is -0.120. The summed E-state index contributed by atoms with van der Waals surface area (Å²) in [6.07, 6.45) is 4.92. The molecule has 3 heteroatoms. The molecule has 3 atom stereocenters. The maximum absolute atomic E-state index is 8.76. The molecule has 2 fully saturated rings. The van der Waals surface area contributed by atoms with Crippen LogP contribution in [-0.4, -0.2) is 29.0 Å². The molecule has 1 saturated heterocycles. The van der Waals surface area contributed by atoms with Crippen molar-refractivity contribution >= 4 is 0 Å². The van der Waals surface area contributed by atoms with Gasteiger partial charge < -0.3 is 5.11 Å². The Morgan fingerprint density at radius 1 is 1.67 bits per heavy atom. The number of aliphatic hydroxyl groups excluding tert-OH is 1. The molecule has 1 aliphatic carbocycles. The smallest absolute Gasteiger partial charge is 0.167 e. The van der Waals surface area contributed by atoms with E-state index in [1.165, 1.54) is 19.3 Å². The van der Waals surface area contributed by atoms with Crippen molar-refractivity contribution in [3.05, 3.63) is 0 Å². The van der Waals surface area contributed by atoms with E-state index in [4.69, 9.17) is 9.94 Å². The Labute approximate surface area is 73.3 Å². The molecular weight excluding hydrogens is 154 g/mol. The van der Waals surface area contributed by atoms with Crippen LogP contribution >= 0.6 is 0 Å². The van der Waals surface area contributed by atoms with E-state index in [1.54, 1.807) is 0 Å². The molecular formula is C9H17NO2. The van der Waals surface area contributed by atoms with Gasteiger partial charge in [-0.2, -0.15) is 5.06 Å². The molecule has 2 aliphatic rings. The fraction of sp³-hybridized carbons (Fsp3) is 1.00. The van der Waals surface area contributed by atoms with E-state index < -0.39 is 0 Å². The van der Waals surface area contributed by atoms with Gasteiger partial charge in [0.15, 0.2) is 5.72 Å². The van der Waals surface area contributed by atoms with Gasteiger partial charge in [-0.25, -0.2) is 0 Å². The lowest BCUT2D eigenvalue weighted by Gasteiger charge is -2.11. The van der Waals surface area contributed by atoms with Crippen molar-refractivity contribution in [2.75, 3.05) is 13.2 Å². The Morgan fingerprint density at radius 2 is 2.50 bits per heavy atom. The third-order valence-corrected chi connectivity index (χ3v) is 3.18. The zero-order valence-electron chi connectivity index (χ0n) is 7.62. The first-order valence-corrected chi connectivity index (χ1v) is 4.91. The summed E-state index contributed by atoms with van der Waals surface area (Å²) in [5, 5.41) is 10.7. The molecule has 3 nitrogen and oxygen atoms in total. The van der Waals surface area contributed by atoms with Gasteiger partial charge in [0.05, 0.1) is 13.2 Å². The zero-order chi connectivity index (χ0) is 8.60. The summed E-state index contributed by atoms with van der Waals surface area (Å²) in [6.45, 7) is 3.10. The Morgan fingerprint density at radius 3 is 3.17 bits per heavy atom. The van der Waals surface area contributed by atoms with Gasteiger partial charge in [-0.05, 0) is 25.7 Å². The molecule has 1 heterocycles. The molecule has 0 aromatic carbocycles. The minimum atomic E-state index is 0.0531. The first-order chi connectivity index (χ1) is 5.83. The van der Waals surface area contributed by atoms with Crippen LogP contribution in [0.15, 0.2) is 0 Å². The quantitative estimate of drug-likeness (QED) is 0.647. The molecule has 0 radical (unpaired) electrons. The molecule has 3 unspecified atom stereocenters. The predicted molar refractivity (Wildman–Crippen MR) is 45.2 cm³/mol. The highest BCUT2D eigenvalue weighted by Crippen LogP contribution is 2.52. The maximum atomic E-state index is 8.76. The first kappa shape index (κ1) is 8.48. The van der Waals surface area contributed by atoms with E-state index in [0.29, 0.717) is 12.5 Å². The summed E-state index contributed by atoms with van der Waals surface area (Å²) < 4.78 is 0. The van der Waals surface area contributed by atoms with Crippen molar-refractivity contribution in [1.29, 1.82) is 0 Å². The summed E-state index contributed by atoms with van der Waals surface area (Å²) in [5.74, 6) is 0.698. The summed E-state index contributed by atoms with van der Waals surface area (Å²) in [7, 11) is 0. The van der Waals surface area contributed by atoms with Crippen LogP contribution in [-0.2, 0) is 4.84 Å². The highest BCUT2D eigenvalue weighted by Gasteiger charge is 2.61. The van der Waals surface area contributed by atoms with Crippen molar-refractivity contribution in [2.24, 2.45) is 5.92 Å². The second-order valence-corrected chi connectivity index (χ2v) is 3.76. The fourth-order valence-corrected chi connectivity index (χ4v) is 2.50. The van der Waals surface area contributed by atoms with Gasteiger partial charge >= 0.3 is 0 Å². The van der Waals surface area contributed by atoms with Crippen molar-refractivity contribution < 1.29 is 9.94 Å². The summed E-state index contributed by atoms with van der Waals surface area (Å²) in [6, 6.07) is 0. The molecule has 1 saturated carbocycles. The van der Waals surface area contributed by atoms with Crippen molar-refractivity contribution in [3.63, 3.8) is 0 Å². The van der Waals surface area contributed by atoms with Gasteiger partial charge in [0, 0.05) is 5.92 Å². The van der Waals surface area contributed by atoms with Crippen molar-refractivity contribution in [2.45, 2.75) is 38.3 Å². The van der Waals surface area contributed by atoms with Crippen molar-refractivity contribution in [3.8, 4) is 0 Å². The number of hydroxylamine groups is 2. The van der Waals surface area contributed by atoms with Crippen LogP contribution in [0.1, 0.15) is 32.6 Å². The Kier molecular flexibility index (Phi) is 2.10. The van der Waals surface area contributed by atoms with Crippen LogP contribution in [0.3, 0.4) is 0 Å². The van der Waals surface area contributed by atoms with Crippen LogP contribution in [0, 0.1) is 5.92 Å². The summed E-state index contributed by atoms with van der Waals surface area (Å²) in [4.78, 5) is 5.58. The average Bonchev–Trinajstić information content (AvgIpc) is 2.61. The van der Waals surface area contributed by atoms with E-state index in [0.717, 1.165) is 6.42 Å². The van der Waals surface area contributed by atoms with Crippen LogP contribution < -0.4 is 0 Å². The SMILES string of the molecule is CCC1CCCC12ON2CCO. The highest BCUT2D eigenvalue weighted by atomic mass is 16.9. The van der Waals surface area contributed by atoms with Crippen LogP contribution in [0.25, 0.3) is 0 Å². The number of hydrogen-bond acceptors (Lipinski definition) is 3. The number of aliphatic hydroxyl groups is 1. The van der Waals surface area contributed by atoms with Gasteiger partial charge in [-0.15, -0.1) is 0 Å². The molecule has 12 heavy (non-hydrogen) atoms. The second kappa shape index (κ2) is 2.98. The van der Waals surface area contributed by atoms with Gasteiger partial charge in [0.2, 0.25) is 0 Å². The number of β-amino-alcohol motifs (C(OH)–C–C–N with tert-alkyl or cyclic N) is 1. The van der Waals surface area contributed by atoms with Gasteiger partial charge in [-0.3, -0.25) is 4.84 Å². The largest absolute Gasteiger partial charge is 0.395 e. The predicted octanol–water partition coefficient (Wildman–Crippen LogP) is 1.13. The first-order valence-electron chi connectivity index (χ1n) is 4.91. The number of rotatable bonds is 3. The van der Waals surface area contributed by atoms with E-state index in [9.17, 15) is 0 Å². The zero-order valence-corrected chi connectivity index (χ0v) is 7.62. The van der Waals surface area contributed by atoms with Crippen LogP contribution in [0.5, 0.6) is 0 Å². The molecule has 0 aromatic rings. The molecule has 70 valence electrons. The Balaban J connectivity index is 1.95. The van der Waals surface area contributed by atoms with E-state index >= 15 is 0 Å². The molecule has 1 spiro atoms. The molecule has 0 amide bonds. The third kappa shape index (κ3) is 1.08. The van der Waals surface area contributed by atoms with Gasteiger partial charge in [-0.1, -0.05) is 6.92 Å². The van der Waals surface area contributed by atoms with Crippen LogP contribution in [0.2, 0.25) is 0 Å². The average molecular weight is 171 g/mol. The Bertz CT molecular complexity index is 174. The summed E-state index contributed by atoms with van der Waals surface area (Å²) in [5.41, 5.74) is 0.0531. The number of nitrogens with zero attached hydrogens (tertiary/aromatic N) is 1. The molecule has 0 aromatic heterocycles.